The van der Waals surface area contributed by atoms with E-state index in [9.17, 15) is 4.79 Å². The van der Waals surface area contributed by atoms with Crippen LogP contribution in [0.3, 0.4) is 0 Å². The average Bonchev–Trinajstić information content (AvgIpc) is 2.89. The molecular weight excluding hydrogens is 290 g/mol. The lowest BCUT2D eigenvalue weighted by molar-refractivity contribution is -0.115. The lowest BCUT2D eigenvalue weighted by Gasteiger charge is -2.08. The minimum Gasteiger partial charge on any atom is -0.489 e. The Labute approximate surface area is 134 Å². The van der Waals surface area contributed by atoms with E-state index in [-0.39, 0.29) is 12.5 Å². The predicted molar refractivity (Wildman–Crippen MR) is 90.9 cm³/mol. The van der Waals surface area contributed by atoms with E-state index < -0.39 is 0 Å². The molecule has 1 heterocycles. The van der Waals surface area contributed by atoms with Crippen LogP contribution in [-0.4, -0.2) is 17.1 Å². The van der Waals surface area contributed by atoms with Gasteiger partial charge in [0, 0.05) is 11.6 Å². The average molecular weight is 309 g/mol. The third-order valence-electron chi connectivity index (χ3n) is 3.65. The first-order valence-electron chi connectivity index (χ1n) is 7.46. The van der Waals surface area contributed by atoms with Crippen LogP contribution in [0.2, 0.25) is 0 Å². The van der Waals surface area contributed by atoms with E-state index in [4.69, 9.17) is 10.5 Å². The van der Waals surface area contributed by atoms with Crippen molar-refractivity contribution < 1.29 is 9.53 Å². The molecule has 0 saturated carbocycles. The molecule has 0 radical (unpaired) electrons. The minimum absolute atomic E-state index is 0.0447. The zero-order valence-electron chi connectivity index (χ0n) is 13.0. The van der Waals surface area contributed by atoms with Crippen LogP contribution < -0.4 is 15.9 Å². The van der Waals surface area contributed by atoms with Gasteiger partial charge in [-0.1, -0.05) is 30.3 Å². The number of amides is 1. The summed E-state index contributed by atoms with van der Waals surface area (Å²) in [5.41, 5.74) is 11.2. The number of aromatic nitrogens is 1. The molecule has 3 aromatic rings. The van der Waals surface area contributed by atoms with Gasteiger partial charge >= 0.3 is 0 Å². The Bertz CT molecular complexity index is 825. The molecule has 0 aliphatic heterocycles. The smallest absolute Gasteiger partial charge is 0.252 e. The third kappa shape index (κ3) is 3.35. The predicted octanol–water partition coefficient (Wildman–Crippen LogP) is 2.56. The van der Waals surface area contributed by atoms with Gasteiger partial charge in [-0.2, -0.15) is 0 Å². The summed E-state index contributed by atoms with van der Waals surface area (Å²) < 4.78 is 7.55. The van der Waals surface area contributed by atoms with Gasteiger partial charge in [-0.3, -0.25) is 14.9 Å². The number of rotatable bonds is 5. The summed E-state index contributed by atoms with van der Waals surface area (Å²) >= 11 is 0. The highest BCUT2D eigenvalue weighted by atomic mass is 16.5. The number of carbonyl (C=O) groups is 1. The monoisotopic (exact) mass is 309 g/mol. The zero-order chi connectivity index (χ0) is 16.2. The second kappa shape index (κ2) is 6.54. The van der Waals surface area contributed by atoms with Gasteiger partial charge in [0.15, 0.2) is 0 Å². The highest BCUT2D eigenvalue weighted by Gasteiger charge is 2.09. The van der Waals surface area contributed by atoms with E-state index in [1.807, 2.05) is 61.7 Å². The minimum atomic E-state index is -0.230. The Morgan fingerprint density at radius 1 is 1.22 bits per heavy atom. The lowest BCUT2D eigenvalue weighted by Crippen LogP contribution is -2.28. The largest absolute Gasteiger partial charge is 0.489 e. The summed E-state index contributed by atoms with van der Waals surface area (Å²) in [6.45, 7) is 2.47. The van der Waals surface area contributed by atoms with E-state index >= 15 is 0 Å². The molecular formula is C18H19N3O2. The highest BCUT2D eigenvalue weighted by Crippen LogP contribution is 2.25. The zero-order valence-corrected chi connectivity index (χ0v) is 13.0. The summed E-state index contributed by atoms with van der Waals surface area (Å²) in [7, 11) is 0. The number of carbonyl (C=O) groups excluding carboxylic acids is 1. The van der Waals surface area contributed by atoms with E-state index in [0.29, 0.717) is 6.61 Å². The molecule has 0 saturated heterocycles. The maximum absolute atomic E-state index is 11.5. The van der Waals surface area contributed by atoms with Gasteiger partial charge in [-0.25, -0.2) is 0 Å². The summed E-state index contributed by atoms with van der Waals surface area (Å²) in [4.78, 5) is 11.5. The van der Waals surface area contributed by atoms with Crippen LogP contribution in [0.25, 0.3) is 10.9 Å². The number of hydrogen-bond donors (Lipinski definition) is 2. The molecule has 1 amide bonds. The van der Waals surface area contributed by atoms with Crippen molar-refractivity contribution in [2.75, 3.05) is 12.0 Å². The van der Waals surface area contributed by atoms with Crippen molar-refractivity contribution in [3.63, 3.8) is 0 Å². The second-order valence-electron chi connectivity index (χ2n) is 5.37. The van der Waals surface area contributed by atoms with Gasteiger partial charge in [0.2, 0.25) is 0 Å². The van der Waals surface area contributed by atoms with Crippen LogP contribution in [0.15, 0.2) is 54.7 Å². The van der Waals surface area contributed by atoms with Crippen LogP contribution in [0.4, 0.5) is 0 Å². The number of aryl methyl sites for hydroxylation is 1. The summed E-state index contributed by atoms with van der Waals surface area (Å²) in [5.74, 6) is 0.568. The van der Waals surface area contributed by atoms with Crippen molar-refractivity contribution in [3.8, 4) is 5.75 Å². The van der Waals surface area contributed by atoms with Crippen molar-refractivity contribution in [1.29, 1.82) is 0 Å². The van der Waals surface area contributed by atoms with Crippen molar-refractivity contribution in [1.82, 2.24) is 4.68 Å². The first-order valence-corrected chi connectivity index (χ1v) is 7.46. The standard InChI is InChI=1S/C18H19N3O2/c1-13-11-21(20-18(22)10-19)17-8-7-15(9-16(13)17)23-12-14-5-3-2-4-6-14/h2-9,11H,10,12,19H2,1H3,(H,20,22). The van der Waals surface area contributed by atoms with Gasteiger partial charge in [-0.05, 0) is 36.2 Å². The fourth-order valence-corrected chi connectivity index (χ4v) is 2.48. The number of benzene rings is 2. The molecule has 0 bridgehead atoms. The molecule has 5 heteroatoms. The van der Waals surface area contributed by atoms with E-state index in [1.54, 1.807) is 4.68 Å². The molecule has 3 rings (SSSR count). The fraction of sp³-hybridized carbons (Fsp3) is 0.167. The molecule has 1 aromatic heterocycles. The van der Waals surface area contributed by atoms with Crippen molar-refractivity contribution >= 4 is 16.8 Å². The molecule has 0 unspecified atom stereocenters. The first-order chi connectivity index (χ1) is 11.2. The van der Waals surface area contributed by atoms with E-state index in [1.165, 1.54) is 0 Å². The normalized spacial score (nSPS) is 10.7. The SMILES string of the molecule is Cc1cn(NC(=O)CN)c2ccc(OCc3ccccc3)cc12. The first kappa shape index (κ1) is 15.1. The van der Waals surface area contributed by atoms with Crippen LogP contribution >= 0.6 is 0 Å². The maximum atomic E-state index is 11.5. The molecule has 0 atom stereocenters. The summed E-state index contributed by atoms with van der Waals surface area (Å²) in [6.07, 6.45) is 1.87. The Kier molecular flexibility index (Phi) is 4.30. The Morgan fingerprint density at radius 2 is 2.00 bits per heavy atom. The lowest BCUT2D eigenvalue weighted by atomic mass is 10.2. The molecule has 5 nitrogen and oxygen atoms in total. The van der Waals surface area contributed by atoms with Gasteiger partial charge < -0.3 is 10.5 Å². The fourth-order valence-electron chi connectivity index (χ4n) is 2.48. The molecule has 118 valence electrons. The maximum Gasteiger partial charge on any atom is 0.252 e. The van der Waals surface area contributed by atoms with Gasteiger partial charge in [0.25, 0.3) is 5.91 Å². The number of hydrogen-bond acceptors (Lipinski definition) is 3. The molecule has 0 fully saturated rings. The van der Waals surface area contributed by atoms with Crippen LogP contribution in [0.1, 0.15) is 11.1 Å². The van der Waals surface area contributed by atoms with Crippen LogP contribution in [0.5, 0.6) is 5.75 Å². The Morgan fingerprint density at radius 3 is 2.74 bits per heavy atom. The molecule has 2 aromatic carbocycles. The van der Waals surface area contributed by atoms with Crippen molar-refractivity contribution in [3.05, 3.63) is 65.9 Å². The van der Waals surface area contributed by atoms with Crippen LogP contribution in [-0.2, 0) is 11.4 Å². The Balaban J connectivity index is 1.82. The number of ether oxygens (including phenoxy) is 1. The highest BCUT2D eigenvalue weighted by molar-refractivity contribution is 5.90. The number of fused-ring (bicyclic) bond motifs is 1. The quantitative estimate of drug-likeness (QED) is 0.761. The van der Waals surface area contributed by atoms with Crippen molar-refractivity contribution in [2.24, 2.45) is 5.73 Å². The summed E-state index contributed by atoms with van der Waals surface area (Å²) in [5, 5.41) is 1.04. The Hall–Kier alpha value is -2.79. The molecule has 23 heavy (non-hydrogen) atoms. The van der Waals surface area contributed by atoms with E-state index in [2.05, 4.69) is 5.43 Å². The summed E-state index contributed by atoms with van der Waals surface area (Å²) in [6, 6.07) is 15.8. The number of nitrogens with two attached hydrogens (primary N) is 1. The topological polar surface area (TPSA) is 69.3 Å². The molecule has 0 spiro atoms. The molecule has 3 N–H and O–H groups in total. The van der Waals surface area contributed by atoms with Gasteiger partial charge in [-0.15, -0.1) is 0 Å². The molecule has 0 aliphatic rings. The van der Waals surface area contributed by atoms with Crippen LogP contribution in [0, 0.1) is 6.92 Å². The van der Waals surface area contributed by atoms with E-state index in [0.717, 1.165) is 27.8 Å². The van der Waals surface area contributed by atoms with Crippen molar-refractivity contribution in [2.45, 2.75) is 13.5 Å². The number of nitrogens with zero attached hydrogens (tertiary/aromatic N) is 1. The van der Waals surface area contributed by atoms with Gasteiger partial charge in [0.1, 0.15) is 12.4 Å². The molecule has 0 aliphatic carbocycles. The number of nitrogens with one attached hydrogen (secondary N) is 1. The van der Waals surface area contributed by atoms with Gasteiger partial charge in [0.05, 0.1) is 12.1 Å². The third-order valence-corrected chi connectivity index (χ3v) is 3.65. The second-order valence-corrected chi connectivity index (χ2v) is 5.37.